The van der Waals surface area contributed by atoms with Crippen molar-refractivity contribution < 1.29 is 0 Å². The number of nitrogens with zero attached hydrogens (tertiary/aromatic N) is 2. The number of hydrogen-bond donors (Lipinski definition) is 1. The largest absolute Gasteiger partial charge is 0.372 e. The minimum absolute atomic E-state index is 0.329. The predicted octanol–water partition coefficient (Wildman–Crippen LogP) is 3.78. The lowest BCUT2D eigenvalue weighted by molar-refractivity contribution is 0.574. The lowest BCUT2D eigenvalue weighted by atomic mass is 10.1. The minimum atomic E-state index is 0.329. The summed E-state index contributed by atoms with van der Waals surface area (Å²) in [6.45, 7) is 9.53. The zero-order valence-corrected chi connectivity index (χ0v) is 13.2. The second-order valence-corrected chi connectivity index (χ2v) is 5.22. The van der Waals surface area contributed by atoms with Gasteiger partial charge in [0.1, 0.15) is 0 Å². The predicted molar refractivity (Wildman–Crippen MR) is 89.5 cm³/mol. The molecule has 1 aromatic heterocycles. The van der Waals surface area contributed by atoms with E-state index >= 15 is 0 Å². The Labute approximate surface area is 128 Å². The molecule has 0 unspecified atom stereocenters. The number of aromatic nitrogens is 1. The summed E-state index contributed by atoms with van der Waals surface area (Å²) in [4.78, 5) is 6.41. The van der Waals surface area contributed by atoms with Gasteiger partial charge in [-0.15, -0.1) is 0 Å². The fourth-order valence-corrected chi connectivity index (χ4v) is 2.45. The summed E-state index contributed by atoms with van der Waals surface area (Å²) in [6, 6.07) is 13.3. The minimum Gasteiger partial charge on any atom is -0.372 e. The molecule has 0 aliphatic carbocycles. The molecule has 3 nitrogen and oxygen atoms in total. The van der Waals surface area contributed by atoms with E-state index in [1.54, 1.807) is 0 Å². The zero-order chi connectivity index (χ0) is 15.1. The Hall–Kier alpha value is -1.87. The van der Waals surface area contributed by atoms with Crippen molar-refractivity contribution in [2.45, 2.75) is 33.4 Å². The van der Waals surface area contributed by atoms with Crippen LogP contribution in [0.3, 0.4) is 0 Å². The fraction of sp³-hybridized carbons (Fsp3) is 0.389. The van der Waals surface area contributed by atoms with Crippen LogP contribution < -0.4 is 10.2 Å². The van der Waals surface area contributed by atoms with Crippen molar-refractivity contribution in [2.75, 3.05) is 18.0 Å². The summed E-state index contributed by atoms with van der Waals surface area (Å²) in [7, 11) is 0. The van der Waals surface area contributed by atoms with E-state index in [1.807, 2.05) is 12.4 Å². The maximum atomic E-state index is 4.06. The zero-order valence-electron chi connectivity index (χ0n) is 13.2. The molecule has 1 atom stereocenters. The molecule has 1 heterocycles. The fourth-order valence-electron chi connectivity index (χ4n) is 2.45. The van der Waals surface area contributed by atoms with Gasteiger partial charge in [0.2, 0.25) is 0 Å². The van der Waals surface area contributed by atoms with Crippen molar-refractivity contribution in [1.29, 1.82) is 0 Å². The summed E-state index contributed by atoms with van der Waals surface area (Å²) in [5.74, 6) is 0. The third-order valence-corrected chi connectivity index (χ3v) is 3.88. The maximum absolute atomic E-state index is 4.06. The molecule has 2 aromatic rings. The van der Waals surface area contributed by atoms with Crippen molar-refractivity contribution in [3.05, 3.63) is 59.9 Å². The smallest absolute Gasteiger partial charge is 0.0366 e. The third kappa shape index (κ3) is 4.30. The van der Waals surface area contributed by atoms with Gasteiger partial charge in [0.25, 0.3) is 0 Å². The monoisotopic (exact) mass is 283 g/mol. The second-order valence-electron chi connectivity index (χ2n) is 5.22. The van der Waals surface area contributed by atoms with Crippen LogP contribution in [0.4, 0.5) is 5.69 Å². The van der Waals surface area contributed by atoms with Gasteiger partial charge < -0.3 is 10.2 Å². The standard InChI is InChI=1S/C18H25N3/c1-4-21(5-2)18-8-6-16(7-9-18)14-20-15(3)17-10-12-19-13-11-17/h6-13,15,20H,4-5,14H2,1-3H3/t15-/m1/s1. The molecule has 1 N–H and O–H groups in total. The Morgan fingerprint density at radius 2 is 1.62 bits per heavy atom. The molecule has 0 aliphatic heterocycles. The van der Waals surface area contributed by atoms with E-state index in [0.717, 1.165) is 19.6 Å². The molecule has 0 aliphatic rings. The molecular formula is C18H25N3. The van der Waals surface area contributed by atoms with Crippen LogP contribution in [0.15, 0.2) is 48.8 Å². The molecule has 1 aromatic carbocycles. The van der Waals surface area contributed by atoms with Crippen LogP contribution in [-0.4, -0.2) is 18.1 Å². The molecule has 3 heteroatoms. The lowest BCUT2D eigenvalue weighted by Crippen LogP contribution is -2.22. The van der Waals surface area contributed by atoms with Crippen molar-refractivity contribution in [2.24, 2.45) is 0 Å². The molecule has 2 rings (SSSR count). The highest BCUT2D eigenvalue weighted by Gasteiger charge is 2.05. The van der Waals surface area contributed by atoms with Gasteiger partial charge in [0, 0.05) is 43.8 Å². The van der Waals surface area contributed by atoms with Crippen LogP contribution in [0.5, 0.6) is 0 Å². The number of nitrogens with one attached hydrogen (secondary N) is 1. The highest BCUT2D eigenvalue weighted by Crippen LogP contribution is 2.16. The molecule has 21 heavy (non-hydrogen) atoms. The first-order valence-corrected chi connectivity index (χ1v) is 7.71. The van der Waals surface area contributed by atoms with E-state index in [1.165, 1.54) is 16.8 Å². The van der Waals surface area contributed by atoms with E-state index in [2.05, 4.69) is 72.4 Å². The van der Waals surface area contributed by atoms with E-state index < -0.39 is 0 Å². The molecule has 0 saturated heterocycles. The van der Waals surface area contributed by atoms with E-state index in [-0.39, 0.29) is 0 Å². The Morgan fingerprint density at radius 3 is 2.19 bits per heavy atom. The van der Waals surface area contributed by atoms with Crippen LogP contribution in [0.1, 0.15) is 37.9 Å². The quantitative estimate of drug-likeness (QED) is 0.838. The van der Waals surface area contributed by atoms with Gasteiger partial charge in [-0.05, 0) is 56.2 Å². The number of pyridine rings is 1. The van der Waals surface area contributed by atoms with Gasteiger partial charge >= 0.3 is 0 Å². The van der Waals surface area contributed by atoms with Crippen molar-refractivity contribution in [3.63, 3.8) is 0 Å². The number of rotatable bonds is 7. The average molecular weight is 283 g/mol. The van der Waals surface area contributed by atoms with E-state index in [9.17, 15) is 0 Å². The van der Waals surface area contributed by atoms with E-state index in [4.69, 9.17) is 0 Å². The molecular weight excluding hydrogens is 258 g/mol. The third-order valence-electron chi connectivity index (χ3n) is 3.88. The highest BCUT2D eigenvalue weighted by molar-refractivity contribution is 5.47. The van der Waals surface area contributed by atoms with Crippen molar-refractivity contribution in [3.8, 4) is 0 Å². The molecule has 0 amide bonds. The summed E-state index contributed by atoms with van der Waals surface area (Å²) >= 11 is 0. The maximum Gasteiger partial charge on any atom is 0.0366 e. The van der Waals surface area contributed by atoms with Gasteiger partial charge in [-0.2, -0.15) is 0 Å². The van der Waals surface area contributed by atoms with Crippen LogP contribution in [0.25, 0.3) is 0 Å². The number of hydrogen-bond acceptors (Lipinski definition) is 3. The number of anilines is 1. The van der Waals surface area contributed by atoms with Crippen LogP contribution >= 0.6 is 0 Å². The Bertz CT molecular complexity index is 518. The molecule has 0 fully saturated rings. The SMILES string of the molecule is CCN(CC)c1ccc(CN[C@H](C)c2ccncc2)cc1. The first-order valence-electron chi connectivity index (χ1n) is 7.71. The average Bonchev–Trinajstić information content (AvgIpc) is 2.55. The number of benzene rings is 1. The van der Waals surface area contributed by atoms with Gasteiger partial charge in [-0.25, -0.2) is 0 Å². The second kappa shape index (κ2) is 7.79. The topological polar surface area (TPSA) is 28.2 Å². The summed E-state index contributed by atoms with van der Waals surface area (Å²) in [5, 5.41) is 3.55. The van der Waals surface area contributed by atoms with E-state index in [0.29, 0.717) is 6.04 Å². The summed E-state index contributed by atoms with van der Waals surface area (Å²) in [5.41, 5.74) is 3.88. The summed E-state index contributed by atoms with van der Waals surface area (Å²) < 4.78 is 0. The molecule has 112 valence electrons. The summed E-state index contributed by atoms with van der Waals surface area (Å²) in [6.07, 6.45) is 3.68. The first-order chi connectivity index (χ1) is 10.2. The van der Waals surface area contributed by atoms with Gasteiger partial charge in [0.15, 0.2) is 0 Å². The molecule has 0 bridgehead atoms. The normalized spacial score (nSPS) is 12.1. The Balaban J connectivity index is 1.92. The first kappa shape index (κ1) is 15.5. The van der Waals surface area contributed by atoms with Gasteiger partial charge in [0.05, 0.1) is 0 Å². The van der Waals surface area contributed by atoms with Gasteiger partial charge in [-0.1, -0.05) is 12.1 Å². The van der Waals surface area contributed by atoms with Crippen LogP contribution in [-0.2, 0) is 6.54 Å². The Morgan fingerprint density at radius 1 is 1.00 bits per heavy atom. The molecule has 0 spiro atoms. The van der Waals surface area contributed by atoms with Crippen LogP contribution in [0, 0.1) is 0 Å². The van der Waals surface area contributed by atoms with Crippen molar-refractivity contribution in [1.82, 2.24) is 10.3 Å². The molecule has 0 radical (unpaired) electrons. The molecule has 0 saturated carbocycles. The van der Waals surface area contributed by atoms with Crippen molar-refractivity contribution >= 4 is 5.69 Å². The van der Waals surface area contributed by atoms with Crippen LogP contribution in [0.2, 0.25) is 0 Å². The lowest BCUT2D eigenvalue weighted by Gasteiger charge is -2.21. The van der Waals surface area contributed by atoms with Gasteiger partial charge in [-0.3, -0.25) is 4.98 Å². The Kier molecular flexibility index (Phi) is 5.76. The highest BCUT2D eigenvalue weighted by atomic mass is 15.1.